The Morgan fingerprint density at radius 3 is 2.53 bits per heavy atom. The number of ether oxygens (including phenoxy) is 1. The van der Waals surface area contributed by atoms with E-state index in [0.717, 1.165) is 25.3 Å². The summed E-state index contributed by atoms with van der Waals surface area (Å²) in [5, 5.41) is 0. The van der Waals surface area contributed by atoms with Crippen LogP contribution >= 0.6 is 0 Å². The Morgan fingerprint density at radius 1 is 1.24 bits per heavy atom. The fourth-order valence-electron chi connectivity index (χ4n) is 1.47. The zero-order valence-corrected chi connectivity index (χ0v) is 11.0. The Kier molecular flexibility index (Phi) is 4.96. The summed E-state index contributed by atoms with van der Waals surface area (Å²) >= 11 is 0. The summed E-state index contributed by atoms with van der Waals surface area (Å²) in [6, 6.07) is 1.78. The first-order valence-corrected chi connectivity index (χ1v) is 5.57. The average molecular weight is 239 g/mol. The van der Waals surface area contributed by atoms with E-state index in [9.17, 15) is 0 Å². The summed E-state index contributed by atoms with van der Waals surface area (Å²) in [4.78, 5) is 12.3. The van der Waals surface area contributed by atoms with E-state index in [-0.39, 0.29) is 5.95 Å². The summed E-state index contributed by atoms with van der Waals surface area (Å²) in [6.07, 6.45) is 1.07. The van der Waals surface area contributed by atoms with Crippen LogP contribution in [0.1, 0.15) is 6.42 Å². The van der Waals surface area contributed by atoms with Crippen molar-refractivity contribution in [2.75, 3.05) is 52.0 Å². The molecule has 0 amide bonds. The molecule has 0 aromatic carbocycles. The van der Waals surface area contributed by atoms with E-state index in [1.54, 1.807) is 13.2 Å². The van der Waals surface area contributed by atoms with Crippen LogP contribution in [0.5, 0.6) is 5.88 Å². The SMILES string of the molecule is COc1cc(N(C)CCCN(C)C)nc(N)n1. The molecule has 96 valence electrons. The molecule has 0 unspecified atom stereocenters. The minimum atomic E-state index is 0.235. The standard InChI is InChI=1S/C11H21N5O/c1-15(2)6-5-7-16(3)9-8-10(17-4)14-11(12)13-9/h8H,5-7H2,1-4H3,(H2,12,13,14). The lowest BCUT2D eigenvalue weighted by molar-refractivity contribution is 0.396. The van der Waals surface area contributed by atoms with Crippen molar-refractivity contribution in [2.24, 2.45) is 0 Å². The first kappa shape index (κ1) is 13.5. The van der Waals surface area contributed by atoms with Gasteiger partial charge in [-0.25, -0.2) is 0 Å². The summed E-state index contributed by atoms with van der Waals surface area (Å²) in [5.41, 5.74) is 5.61. The molecule has 0 saturated carbocycles. The van der Waals surface area contributed by atoms with Crippen molar-refractivity contribution in [3.05, 3.63) is 6.07 Å². The molecule has 0 aliphatic rings. The van der Waals surface area contributed by atoms with E-state index in [4.69, 9.17) is 10.5 Å². The average Bonchev–Trinajstić information content (AvgIpc) is 2.27. The molecule has 2 N–H and O–H groups in total. The smallest absolute Gasteiger partial charge is 0.225 e. The van der Waals surface area contributed by atoms with Crippen molar-refractivity contribution >= 4 is 11.8 Å². The summed E-state index contributed by atoms with van der Waals surface area (Å²) in [6.45, 7) is 1.96. The fraction of sp³-hybridized carbons (Fsp3) is 0.636. The van der Waals surface area contributed by atoms with Crippen LogP contribution in [-0.4, -0.2) is 56.2 Å². The Labute approximate surface area is 102 Å². The van der Waals surface area contributed by atoms with E-state index >= 15 is 0 Å². The number of hydrogen-bond acceptors (Lipinski definition) is 6. The maximum Gasteiger partial charge on any atom is 0.225 e. The van der Waals surface area contributed by atoms with Crippen molar-refractivity contribution < 1.29 is 4.74 Å². The molecule has 1 rings (SSSR count). The topological polar surface area (TPSA) is 67.5 Å². The van der Waals surface area contributed by atoms with Gasteiger partial charge in [-0.1, -0.05) is 0 Å². The van der Waals surface area contributed by atoms with Gasteiger partial charge in [0.05, 0.1) is 7.11 Å². The van der Waals surface area contributed by atoms with E-state index in [1.165, 1.54) is 0 Å². The third-order valence-electron chi connectivity index (χ3n) is 2.41. The molecule has 1 heterocycles. The van der Waals surface area contributed by atoms with Crippen LogP contribution in [0.3, 0.4) is 0 Å². The maximum absolute atomic E-state index is 5.61. The minimum absolute atomic E-state index is 0.235. The Bertz CT molecular complexity index is 356. The second kappa shape index (κ2) is 6.24. The molecule has 6 heteroatoms. The van der Waals surface area contributed by atoms with Crippen LogP contribution in [0.2, 0.25) is 0 Å². The number of methoxy groups -OCH3 is 1. The highest BCUT2D eigenvalue weighted by Gasteiger charge is 2.07. The molecular weight excluding hydrogens is 218 g/mol. The van der Waals surface area contributed by atoms with Gasteiger partial charge in [0.1, 0.15) is 5.82 Å². The van der Waals surface area contributed by atoms with Gasteiger partial charge >= 0.3 is 0 Å². The number of anilines is 2. The number of nitrogen functional groups attached to an aromatic ring is 1. The van der Waals surface area contributed by atoms with Crippen LogP contribution in [0, 0.1) is 0 Å². The van der Waals surface area contributed by atoms with Crippen molar-refractivity contribution in [3.63, 3.8) is 0 Å². The van der Waals surface area contributed by atoms with E-state index in [2.05, 4.69) is 29.0 Å². The lowest BCUT2D eigenvalue weighted by Gasteiger charge is -2.19. The monoisotopic (exact) mass is 239 g/mol. The highest BCUT2D eigenvalue weighted by atomic mass is 16.5. The van der Waals surface area contributed by atoms with E-state index in [1.807, 2.05) is 11.9 Å². The molecule has 0 spiro atoms. The van der Waals surface area contributed by atoms with Crippen LogP contribution in [0.4, 0.5) is 11.8 Å². The van der Waals surface area contributed by atoms with Crippen LogP contribution in [0.15, 0.2) is 6.07 Å². The van der Waals surface area contributed by atoms with Gasteiger partial charge in [0, 0.05) is 19.7 Å². The minimum Gasteiger partial charge on any atom is -0.481 e. The largest absolute Gasteiger partial charge is 0.481 e. The predicted octanol–water partition coefficient (Wildman–Crippen LogP) is 0.455. The molecule has 6 nitrogen and oxygen atoms in total. The zero-order chi connectivity index (χ0) is 12.8. The van der Waals surface area contributed by atoms with Gasteiger partial charge < -0.3 is 20.3 Å². The molecule has 0 bridgehead atoms. The van der Waals surface area contributed by atoms with Gasteiger partial charge in [-0.05, 0) is 27.1 Å². The number of nitrogens with zero attached hydrogens (tertiary/aromatic N) is 4. The normalized spacial score (nSPS) is 10.6. The first-order valence-electron chi connectivity index (χ1n) is 5.57. The molecule has 17 heavy (non-hydrogen) atoms. The highest BCUT2D eigenvalue weighted by molar-refractivity contribution is 5.44. The second-order valence-electron chi connectivity index (χ2n) is 4.21. The lowest BCUT2D eigenvalue weighted by atomic mass is 10.3. The molecule has 0 saturated heterocycles. The van der Waals surface area contributed by atoms with Gasteiger partial charge in [-0.15, -0.1) is 0 Å². The number of aromatic nitrogens is 2. The summed E-state index contributed by atoms with van der Waals surface area (Å²) in [5.74, 6) is 1.51. The fourth-order valence-corrected chi connectivity index (χ4v) is 1.47. The Morgan fingerprint density at radius 2 is 1.94 bits per heavy atom. The van der Waals surface area contributed by atoms with Crippen molar-refractivity contribution in [2.45, 2.75) is 6.42 Å². The Balaban J connectivity index is 2.61. The number of rotatable bonds is 6. The molecule has 0 aliphatic carbocycles. The predicted molar refractivity (Wildman–Crippen MR) is 69.4 cm³/mol. The molecule has 0 fully saturated rings. The first-order chi connectivity index (χ1) is 8.02. The highest BCUT2D eigenvalue weighted by Crippen LogP contribution is 2.17. The second-order valence-corrected chi connectivity index (χ2v) is 4.21. The van der Waals surface area contributed by atoms with E-state index in [0.29, 0.717) is 5.88 Å². The summed E-state index contributed by atoms with van der Waals surface area (Å²) < 4.78 is 5.06. The number of nitrogens with two attached hydrogens (primary N) is 1. The van der Waals surface area contributed by atoms with Gasteiger partial charge in [0.15, 0.2) is 0 Å². The van der Waals surface area contributed by atoms with E-state index < -0.39 is 0 Å². The third kappa shape index (κ3) is 4.44. The van der Waals surface area contributed by atoms with Gasteiger partial charge in [0.25, 0.3) is 0 Å². The van der Waals surface area contributed by atoms with Crippen molar-refractivity contribution in [1.29, 1.82) is 0 Å². The van der Waals surface area contributed by atoms with Gasteiger partial charge in [-0.2, -0.15) is 9.97 Å². The van der Waals surface area contributed by atoms with Gasteiger partial charge in [-0.3, -0.25) is 0 Å². The zero-order valence-electron chi connectivity index (χ0n) is 11.0. The molecule has 1 aromatic heterocycles. The quantitative estimate of drug-likeness (QED) is 0.777. The third-order valence-corrected chi connectivity index (χ3v) is 2.41. The maximum atomic E-state index is 5.61. The van der Waals surface area contributed by atoms with Gasteiger partial charge in [0.2, 0.25) is 11.8 Å². The van der Waals surface area contributed by atoms with Crippen LogP contribution < -0.4 is 15.4 Å². The molecule has 0 radical (unpaired) electrons. The molecule has 1 aromatic rings. The lowest BCUT2D eigenvalue weighted by Crippen LogP contribution is -2.24. The summed E-state index contributed by atoms with van der Waals surface area (Å²) in [7, 11) is 7.67. The molecule has 0 aliphatic heterocycles. The van der Waals surface area contributed by atoms with Crippen molar-refractivity contribution in [1.82, 2.24) is 14.9 Å². The molecular formula is C11H21N5O. The number of hydrogen-bond donors (Lipinski definition) is 1. The Hall–Kier alpha value is -1.56. The van der Waals surface area contributed by atoms with Crippen LogP contribution in [-0.2, 0) is 0 Å². The van der Waals surface area contributed by atoms with Crippen LogP contribution in [0.25, 0.3) is 0 Å². The molecule has 0 atom stereocenters. The van der Waals surface area contributed by atoms with Crippen molar-refractivity contribution in [3.8, 4) is 5.88 Å².